The molecule has 116 valence electrons. The van der Waals surface area contributed by atoms with E-state index in [0.717, 1.165) is 45.0 Å². The molecule has 0 saturated heterocycles. The van der Waals surface area contributed by atoms with Gasteiger partial charge in [-0.1, -0.05) is 44.7 Å². The van der Waals surface area contributed by atoms with Gasteiger partial charge in [-0.05, 0) is 19.4 Å². The van der Waals surface area contributed by atoms with E-state index in [0.29, 0.717) is 0 Å². The molecule has 0 spiro atoms. The zero-order chi connectivity index (χ0) is 14.5. The molecule has 0 radical (unpaired) electrons. The van der Waals surface area contributed by atoms with Crippen molar-refractivity contribution in [3.05, 3.63) is 11.9 Å². The van der Waals surface area contributed by atoms with Crippen molar-refractivity contribution >= 4 is 0 Å². The number of hydrogen-bond acceptors (Lipinski definition) is 4. The Labute approximate surface area is 123 Å². The third-order valence-corrected chi connectivity index (χ3v) is 3.18. The highest BCUT2D eigenvalue weighted by Crippen LogP contribution is 2.02. The minimum Gasteiger partial charge on any atom is -0.380 e. The third kappa shape index (κ3) is 8.27. The highest BCUT2D eigenvalue weighted by Gasteiger charge is 2.00. The van der Waals surface area contributed by atoms with Gasteiger partial charge in [0, 0.05) is 19.3 Å². The molecular weight excluding hydrogens is 252 g/mol. The number of nitrogens with one attached hydrogen (secondary N) is 1. The van der Waals surface area contributed by atoms with Crippen LogP contribution >= 0.6 is 0 Å². The van der Waals surface area contributed by atoms with Gasteiger partial charge in [-0.15, -0.1) is 5.10 Å². The molecule has 0 aromatic carbocycles. The van der Waals surface area contributed by atoms with Crippen LogP contribution < -0.4 is 5.32 Å². The van der Waals surface area contributed by atoms with Crippen molar-refractivity contribution in [3.8, 4) is 0 Å². The molecule has 1 rings (SSSR count). The molecule has 0 aliphatic rings. The Balaban J connectivity index is 1.99. The van der Waals surface area contributed by atoms with Crippen molar-refractivity contribution in [2.75, 3.05) is 19.8 Å². The highest BCUT2D eigenvalue weighted by molar-refractivity contribution is 4.91. The number of ether oxygens (including phenoxy) is 1. The van der Waals surface area contributed by atoms with E-state index in [1.807, 2.05) is 10.9 Å². The molecule has 0 unspecified atom stereocenters. The molecule has 0 bridgehead atoms. The second-order valence-electron chi connectivity index (χ2n) is 5.18. The fourth-order valence-electron chi connectivity index (χ4n) is 1.99. The molecule has 1 N–H and O–H groups in total. The lowest BCUT2D eigenvalue weighted by molar-refractivity contribution is 0.119. The molecule has 0 aliphatic carbocycles. The van der Waals surface area contributed by atoms with Gasteiger partial charge in [0.15, 0.2) is 0 Å². The summed E-state index contributed by atoms with van der Waals surface area (Å²) in [7, 11) is 0. The number of unbranched alkanes of at least 4 members (excludes halogenated alkanes) is 4. The molecule has 1 heterocycles. The topological polar surface area (TPSA) is 52.0 Å². The Hall–Kier alpha value is -0.940. The van der Waals surface area contributed by atoms with Gasteiger partial charge in [0.25, 0.3) is 0 Å². The van der Waals surface area contributed by atoms with Gasteiger partial charge in [-0.3, -0.25) is 0 Å². The van der Waals surface area contributed by atoms with Crippen molar-refractivity contribution in [3.63, 3.8) is 0 Å². The zero-order valence-electron chi connectivity index (χ0n) is 13.1. The summed E-state index contributed by atoms with van der Waals surface area (Å²) >= 11 is 0. The lowest BCUT2D eigenvalue weighted by Crippen LogP contribution is -2.14. The van der Waals surface area contributed by atoms with Gasteiger partial charge >= 0.3 is 0 Å². The Morgan fingerprint density at radius 2 is 1.95 bits per heavy atom. The van der Waals surface area contributed by atoms with E-state index >= 15 is 0 Å². The maximum atomic E-state index is 5.62. The van der Waals surface area contributed by atoms with Crippen LogP contribution in [0.2, 0.25) is 0 Å². The van der Waals surface area contributed by atoms with Gasteiger partial charge in [0.1, 0.15) is 0 Å². The van der Waals surface area contributed by atoms with E-state index in [-0.39, 0.29) is 0 Å². The van der Waals surface area contributed by atoms with Gasteiger partial charge in [0.2, 0.25) is 0 Å². The Kier molecular flexibility index (Phi) is 10.1. The average Bonchev–Trinajstić information content (AvgIpc) is 2.90. The molecule has 0 fully saturated rings. The summed E-state index contributed by atoms with van der Waals surface area (Å²) in [5.74, 6) is 0. The van der Waals surface area contributed by atoms with Crippen molar-refractivity contribution in [2.45, 2.75) is 65.5 Å². The van der Waals surface area contributed by atoms with Crippen LogP contribution in [0.5, 0.6) is 0 Å². The Morgan fingerprint density at radius 1 is 1.10 bits per heavy atom. The number of nitrogens with zero attached hydrogens (tertiary/aromatic N) is 3. The van der Waals surface area contributed by atoms with E-state index in [4.69, 9.17) is 4.74 Å². The van der Waals surface area contributed by atoms with Crippen LogP contribution in [0.1, 0.15) is 58.1 Å². The first-order chi connectivity index (χ1) is 9.86. The second-order valence-corrected chi connectivity index (χ2v) is 5.18. The standard InChI is InChI=1S/C15H30N4O/c1-3-5-6-7-8-11-20-12-10-19-14-15(17-18-19)13-16-9-4-2/h14,16H,3-13H2,1-2H3. The number of rotatable bonds is 13. The minimum absolute atomic E-state index is 0.721. The van der Waals surface area contributed by atoms with E-state index in [1.54, 1.807) is 0 Å². The van der Waals surface area contributed by atoms with Crippen LogP contribution in [-0.4, -0.2) is 34.8 Å². The van der Waals surface area contributed by atoms with Crippen LogP contribution in [-0.2, 0) is 17.8 Å². The van der Waals surface area contributed by atoms with Crippen LogP contribution in [0.3, 0.4) is 0 Å². The zero-order valence-corrected chi connectivity index (χ0v) is 13.1. The SMILES string of the molecule is CCCCCCCOCCn1cc(CNCCC)nn1. The molecule has 1 aromatic heterocycles. The van der Waals surface area contributed by atoms with E-state index < -0.39 is 0 Å². The van der Waals surface area contributed by atoms with E-state index in [1.165, 1.54) is 32.1 Å². The van der Waals surface area contributed by atoms with Crippen molar-refractivity contribution in [2.24, 2.45) is 0 Å². The highest BCUT2D eigenvalue weighted by atomic mass is 16.5. The first kappa shape index (κ1) is 17.1. The molecule has 0 aliphatic heterocycles. The second kappa shape index (κ2) is 11.9. The summed E-state index contributed by atoms with van der Waals surface area (Å²) in [5, 5.41) is 11.5. The normalized spacial score (nSPS) is 11.1. The lowest BCUT2D eigenvalue weighted by Gasteiger charge is -2.04. The molecule has 0 amide bonds. The van der Waals surface area contributed by atoms with Crippen molar-refractivity contribution < 1.29 is 4.74 Å². The van der Waals surface area contributed by atoms with Gasteiger partial charge in [-0.2, -0.15) is 0 Å². The number of hydrogen-bond donors (Lipinski definition) is 1. The van der Waals surface area contributed by atoms with E-state index in [9.17, 15) is 0 Å². The molecule has 0 saturated carbocycles. The molecule has 0 atom stereocenters. The first-order valence-corrected chi connectivity index (χ1v) is 8.04. The average molecular weight is 282 g/mol. The van der Waals surface area contributed by atoms with Crippen LogP contribution in [0.15, 0.2) is 6.20 Å². The van der Waals surface area contributed by atoms with E-state index in [2.05, 4.69) is 29.5 Å². The van der Waals surface area contributed by atoms with Gasteiger partial charge in [-0.25, -0.2) is 4.68 Å². The first-order valence-electron chi connectivity index (χ1n) is 8.04. The van der Waals surface area contributed by atoms with Gasteiger partial charge < -0.3 is 10.1 Å². The third-order valence-electron chi connectivity index (χ3n) is 3.18. The summed E-state index contributed by atoms with van der Waals surface area (Å²) in [6.07, 6.45) is 9.55. The molecule has 5 heteroatoms. The Morgan fingerprint density at radius 3 is 2.75 bits per heavy atom. The van der Waals surface area contributed by atoms with Crippen LogP contribution in [0.4, 0.5) is 0 Å². The quantitative estimate of drug-likeness (QED) is 0.565. The summed E-state index contributed by atoms with van der Waals surface area (Å²) in [4.78, 5) is 0. The minimum atomic E-state index is 0.721. The van der Waals surface area contributed by atoms with Crippen LogP contribution in [0.25, 0.3) is 0 Å². The summed E-state index contributed by atoms with van der Waals surface area (Å²) in [6.45, 7) is 8.59. The fraction of sp³-hybridized carbons (Fsp3) is 0.867. The van der Waals surface area contributed by atoms with Gasteiger partial charge in [0.05, 0.1) is 18.8 Å². The maximum absolute atomic E-state index is 5.62. The summed E-state index contributed by atoms with van der Waals surface area (Å²) < 4.78 is 7.48. The van der Waals surface area contributed by atoms with Crippen molar-refractivity contribution in [1.29, 1.82) is 0 Å². The monoisotopic (exact) mass is 282 g/mol. The molecular formula is C15H30N4O. The Bertz CT molecular complexity index is 327. The van der Waals surface area contributed by atoms with Crippen molar-refractivity contribution in [1.82, 2.24) is 20.3 Å². The predicted molar refractivity (Wildman–Crippen MR) is 81.6 cm³/mol. The molecule has 20 heavy (non-hydrogen) atoms. The summed E-state index contributed by atoms with van der Waals surface area (Å²) in [6, 6.07) is 0. The maximum Gasteiger partial charge on any atom is 0.0964 e. The lowest BCUT2D eigenvalue weighted by atomic mass is 10.2. The smallest absolute Gasteiger partial charge is 0.0964 e. The largest absolute Gasteiger partial charge is 0.380 e. The molecule has 5 nitrogen and oxygen atoms in total. The predicted octanol–water partition coefficient (Wildman–Crippen LogP) is 2.76. The number of aromatic nitrogens is 3. The fourth-order valence-corrected chi connectivity index (χ4v) is 1.99. The summed E-state index contributed by atoms with van der Waals surface area (Å²) in [5.41, 5.74) is 0.998. The molecule has 1 aromatic rings. The van der Waals surface area contributed by atoms with Crippen LogP contribution in [0, 0.1) is 0 Å².